The Morgan fingerprint density at radius 3 is 2.65 bits per heavy atom. The minimum atomic E-state index is 0.874. The van der Waals surface area contributed by atoms with Gasteiger partial charge in [0.2, 0.25) is 0 Å². The molecule has 0 saturated carbocycles. The Balaban J connectivity index is 1.38. The van der Waals surface area contributed by atoms with Crippen molar-refractivity contribution in [1.82, 2.24) is 14.9 Å². The quantitative estimate of drug-likeness (QED) is 0.691. The van der Waals surface area contributed by atoms with E-state index >= 15 is 0 Å². The van der Waals surface area contributed by atoms with E-state index in [4.69, 9.17) is 4.74 Å². The van der Waals surface area contributed by atoms with Crippen LogP contribution in [0.4, 0.5) is 5.69 Å². The monoisotopic (exact) mass is 366 g/mol. The molecule has 5 nitrogen and oxygen atoms in total. The first kappa shape index (κ1) is 17.0. The number of pyridine rings is 1. The molecule has 1 aliphatic rings. The van der Waals surface area contributed by atoms with Crippen LogP contribution in [0.5, 0.6) is 5.75 Å². The van der Waals surface area contributed by atoms with Crippen LogP contribution in [0.15, 0.2) is 55.0 Å². The first-order chi connectivity index (χ1) is 12.8. The smallest absolute Gasteiger partial charge is 0.129 e. The molecule has 1 aromatic carbocycles. The Labute approximate surface area is 157 Å². The number of aromatic nitrogens is 2. The normalized spacial score (nSPS) is 15.2. The Bertz CT molecular complexity index is 844. The molecule has 6 heteroatoms. The molecule has 0 spiro atoms. The van der Waals surface area contributed by atoms with Gasteiger partial charge in [-0.2, -0.15) is 0 Å². The SMILES string of the molecule is COc1ccccc1-c1ncc(CN2CCN(c3cccnc3)CC2)s1. The van der Waals surface area contributed by atoms with Gasteiger partial charge in [-0.05, 0) is 24.3 Å². The number of anilines is 1. The van der Waals surface area contributed by atoms with Gasteiger partial charge in [0.15, 0.2) is 0 Å². The maximum atomic E-state index is 5.46. The molecule has 1 aliphatic heterocycles. The van der Waals surface area contributed by atoms with Crippen LogP contribution < -0.4 is 9.64 Å². The van der Waals surface area contributed by atoms with Crippen LogP contribution >= 0.6 is 11.3 Å². The summed E-state index contributed by atoms with van der Waals surface area (Å²) in [7, 11) is 1.70. The summed E-state index contributed by atoms with van der Waals surface area (Å²) in [5.74, 6) is 0.874. The topological polar surface area (TPSA) is 41.5 Å². The summed E-state index contributed by atoms with van der Waals surface area (Å²) in [6.45, 7) is 5.12. The van der Waals surface area contributed by atoms with Crippen LogP contribution in [0.2, 0.25) is 0 Å². The Hall–Kier alpha value is -2.44. The molecule has 1 fully saturated rings. The minimum Gasteiger partial charge on any atom is -0.496 e. The molecule has 1 saturated heterocycles. The van der Waals surface area contributed by atoms with E-state index in [1.54, 1.807) is 18.4 Å². The predicted octanol–water partition coefficient (Wildman–Crippen LogP) is 3.54. The molecule has 0 aliphatic carbocycles. The van der Waals surface area contributed by atoms with Gasteiger partial charge >= 0.3 is 0 Å². The lowest BCUT2D eigenvalue weighted by atomic mass is 10.2. The molecule has 4 rings (SSSR count). The van der Waals surface area contributed by atoms with Crippen molar-refractivity contribution in [2.75, 3.05) is 38.2 Å². The molecule has 2 aromatic heterocycles. The van der Waals surface area contributed by atoms with E-state index in [9.17, 15) is 0 Å². The number of rotatable bonds is 5. The zero-order valence-electron chi connectivity index (χ0n) is 14.8. The number of hydrogen-bond acceptors (Lipinski definition) is 6. The zero-order valence-corrected chi connectivity index (χ0v) is 15.7. The average Bonchev–Trinajstić information content (AvgIpc) is 3.17. The number of thiazole rings is 1. The van der Waals surface area contributed by atoms with Crippen molar-refractivity contribution in [3.8, 4) is 16.3 Å². The van der Waals surface area contributed by atoms with Gasteiger partial charge in [0.25, 0.3) is 0 Å². The third-order valence-electron chi connectivity index (χ3n) is 4.65. The van der Waals surface area contributed by atoms with Crippen molar-refractivity contribution in [3.05, 3.63) is 59.9 Å². The lowest BCUT2D eigenvalue weighted by Gasteiger charge is -2.35. The van der Waals surface area contributed by atoms with E-state index in [0.717, 1.165) is 49.0 Å². The maximum Gasteiger partial charge on any atom is 0.129 e. The molecule has 0 atom stereocenters. The van der Waals surface area contributed by atoms with Crippen molar-refractivity contribution < 1.29 is 4.74 Å². The lowest BCUT2D eigenvalue weighted by molar-refractivity contribution is 0.252. The van der Waals surface area contributed by atoms with Crippen molar-refractivity contribution in [2.24, 2.45) is 0 Å². The first-order valence-electron chi connectivity index (χ1n) is 8.79. The van der Waals surface area contributed by atoms with Gasteiger partial charge in [0, 0.05) is 50.0 Å². The molecule has 3 aromatic rings. The lowest BCUT2D eigenvalue weighted by Crippen LogP contribution is -2.45. The fraction of sp³-hybridized carbons (Fsp3) is 0.300. The van der Waals surface area contributed by atoms with Gasteiger partial charge in [-0.15, -0.1) is 11.3 Å². The largest absolute Gasteiger partial charge is 0.496 e. The van der Waals surface area contributed by atoms with Gasteiger partial charge in [0.05, 0.1) is 24.6 Å². The number of benzene rings is 1. The summed E-state index contributed by atoms with van der Waals surface area (Å²) >= 11 is 1.75. The number of para-hydroxylation sites is 1. The summed E-state index contributed by atoms with van der Waals surface area (Å²) in [6, 6.07) is 12.2. The van der Waals surface area contributed by atoms with Crippen LogP contribution in [0.25, 0.3) is 10.6 Å². The molecule has 0 N–H and O–H groups in total. The first-order valence-corrected chi connectivity index (χ1v) is 9.60. The molecule has 26 heavy (non-hydrogen) atoms. The molecule has 0 bridgehead atoms. The summed E-state index contributed by atoms with van der Waals surface area (Å²) in [5.41, 5.74) is 2.27. The van der Waals surface area contributed by atoms with E-state index < -0.39 is 0 Å². The molecule has 134 valence electrons. The number of ether oxygens (including phenoxy) is 1. The third kappa shape index (κ3) is 3.71. The molecular weight excluding hydrogens is 344 g/mol. The van der Waals surface area contributed by atoms with Crippen LogP contribution in [-0.4, -0.2) is 48.2 Å². The maximum absolute atomic E-state index is 5.46. The van der Waals surface area contributed by atoms with Gasteiger partial charge in [-0.1, -0.05) is 12.1 Å². The Morgan fingerprint density at radius 1 is 1.04 bits per heavy atom. The average molecular weight is 366 g/mol. The number of hydrogen-bond donors (Lipinski definition) is 0. The second-order valence-corrected chi connectivity index (χ2v) is 7.42. The van der Waals surface area contributed by atoms with Crippen LogP contribution in [-0.2, 0) is 6.54 Å². The van der Waals surface area contributed by atoms with E-state index in [2.05, 4.69) is 31.9 Å². The molecule has 0 radical (unpaired) electrons. The standard InChI is InChI=1S/C20H22N4OS/c1-25-19-7-3-2-6-18(19)20-22-14-17(26-20)15-23-9-11-24(12-10-23)16-5-4-8-21-13-16/h2-8,13-14H,9-12,15H2,1H3. The number of methoxy groups -OCH3 is 1. The number of nitrogens with zero attached hydrogens (tertiary/aromatic N) is 4. The van der Waals surface area contributed by atoms with Crippen molar-refractivity contribution in [3.63, 3.8) is 0 Å². The second-order valence-electron chi connectivity index (χ2n) is 6.31. The number of piperazine rings is 1. The molecule has 0 unspecified atom stereocenters. The zero-order chi connectivity index (χ0) is 17.8. The van der Waals surface area contributed by atoms with Gasteiger partial charge in [-0.3, -0.25) is 9.88 Å². The van der Waals surface area contributed by atoms with E-state index in [1.807, 2.05) is 42.9 Å². The van der Waals surface area contributed by atoms with Crippen LogP contribution in [0.3, 0.4) is 0 Å². The summed E-state index contributed by atoms with van der Waals surface area (Å²) < 4.78 is 5.46. The van der Waals surface area contributed by atoms with E-state index in [1.165, 1.54) is 10.6 Å². The summed E-state index contributed by atoms with van der Waals surface area (Å²) in [4.78, 5) is 15.0. The highest BCUT2D eigenvalue weighted by Crippen LogP contribution is 2.33. The van der Waals surface area contributed by atoms with Gasteiger partial charge in [0.1, 0.15) is 10.8 Å². The summed E-state index contributed by atoms with van der Waals surface area (Å²) in [5, 5.41) is 1.02. The van der Waals surface area contributed by atoms with Gasteiger partial charge in [-0.25, -0.2) is 4.98 Å². The molecule has 0 amide bonds. The Morgan fingerprint density at radius 2 is 1.88 bits per heavy atom. The molecular formula is C20H22N4OS. The highest BCUT2D eigenvalue weighted by Gasteiger charge is 2.18. The van der Waals surface area contributed by atoms with Crippen molar-refractivity contribution in [2.45, 2.75) is 6.54 Å². The summed E-state index contributed by atoms with van der Waals surface area (Å²) in [6.07, 6.45) is 5.77. The third-order valence-corrected chi connectivity index (χ3v) is 5.67. The van der Waals surface area contributed by atoms with Crippen LogP contribution in [0.1, 0.15) is 4.88 Å². The fourth-order valence-electron chi connectivity index (χ4n) is 3.25. The molecule has 3 heterocycles. The van der Waals surface area contributed by atoms with Crippen molar-refractivity contribution in [1.29, 1.82) is 0 Å². The van der Waals surface area contributed by atoms with E-state index in [0.29, 0.717) is 0 Å². The van der Waals surface area contributed by atoms with Crippen LogP contribution in [0, 0.1) is 0 Å². The fourth-order valence-corrected chi connectivity index (χ4v) is 4.24. The van der Waals surface area contributed by atoms with Crippen molar-refractivity contribution >= 4 is 17.0 Å². The highest BCUT2D eigenvalue weighted by molar-refractivity contribution is 7.15. The second kappa shape index (κ2) is 7.85. The highest BCUT2D eigenvalue weighted by atomic mass is 32.1. The van der Waals surface area contributed by atoms with E-state index in [-0.39, 0.29) is 0 Å². The Kier molecular flexibility index (Phi) is 5.13. The minimum absolute atomic E-state index is 0.874. The predicted molar refractivity (Wildman–Crippen MR) is 106 cm³/mol. The van der Waals surface area contributed by atoms with Gasteiger partial charge < -0.3 is 9.64 Å².